The third-order valence-corrected chi connectivity index (χ3v) is 3.78. The number of pyridine rings is 1. The van der Waals surface area contributed by atoms with Gasteiger partial charge in [0.25, 0.3) is 0 Å². The topological polar surface area (TPSA) is 33.1 Å². The average molecular weight is 329 g/mol. The first-order valence-corrected chi connectivity index (χ1v) is 7.32. The zero-order valence-corrected chi connectivity index (χ0v) is 12.5. The summed E-state index contributed by atoms with van der Waals surface area (Å²) < 4.78 is 38.3. The molecule has 5 heteroatoms. The number of alkyl halides is 3. The molecule has 0 bridgehead atoms. The van der Waals surface area contributed by atoms with Crippen molar-refractivity contribution in [3.63, 3.8) is 0 Å². The van der Waals surface area contributed by atoms with Gasteiger partial charge in [-0.2, -0.15) is 13.2 Å². The van der Waals surface area contributed by atoms with Crippen molar-refractivity contribution < 1.29 is 18.3 Å². The van der Waals surface area contributed by atoms with Crippen LogP contribution in [-0.4, -0.2) is 10.1 Å². The Labute approximate surface area is 137 Å². The maximum Gasteiger partial charge on any atom is 0.416 e. The number of nitrogens with zero attached hydrogens (tertiary/aromatic N) is 1. The lowest BCUT2D eigenvalue weighted by Crippen LogP contribution is -2.08. The molecule has 122 valence electrons. The summed E-state index contributed by atoms with van der Waals surface area (Å²) in [6.45, 7) is 0. The summed E-state index contributed by atoms with van der Waals surface area (Å²) in [7, 11) is 0. The molecule has 2 aromatic carbocycles. The third kappa shape index (κ3) is 3.40. The molecule has 1 atom stereocenters. The van der Waals surface area contributed by atoms with Gasteiger partial charge in [0.2, 0.25) is 0 Å². The summed E-state index contributed by atoms with van der Waals surface area (Å²) in [4.78, 5) is 4.34. The summed E-state index contributed by atoms with van der Waals surface area (Å²) in [6.07, 6.45) is -2.72. The van der Waals surface area contributed by atoms with Crippen molar-refractivity contribution in [1.29, 1.82) is 0 Å². The van der Waals surface area contributed by atoms with Gasteiger partial charge in [0.15, 0.2) is 0 Å². The molecule has 0 aliphatic rings. The summed E-state index contributed by atoms with van der Waals surface area (Å²) in [5, 5.41) is 9.46. The Hall–Kier alpha value is -2.82. The van der Waals surface area contributed by atoms with Crippen LogP contribution in [0.15, 0.2) is 72.9 Å². The minimum atomic E-state index is -4.36. The molecule has 0 amide bonds. The van der Waals surface area contributed by atoms with Gasteiger partial charge in [-0.25, -0.2) is 0 Å². The average Bonchev–Trinajstić information content (AvgIpc) is 2.58. The van der Waals surface area contributed by atoms with E-state index < -0.39 is 11.7 Å². The van der Waals surface area contributed by atoms with Crippen LogP contribution < -0.4 is 0 Å². The minimum Gasteiger partial charge on any atom is -0.508 e. The molecule has 1 N–H and O–H groups in total. The molecule has 0 spiro atoms. The molecule has 0 saturated heterocycles. The first-order chi connectivity index (χ1) is 11.4. The van der Waals surface area contributed by atoms with E-state index in [0.717, 1.165) is 23.4 Å². The number of aromatic nitrogens is 1. The highest BCUT2D eigenvalue weighted by molar-refractivity contribution is 5.43. The molecule has 1 aromatic heterocycles. The molecule has 3 aromatic rings. The van der Waals surface area contributed by atoms with Gasteiger partial charge in [0.1, 0.15) is 5.75 Å². The SMILES string of the molecule is Oc1ccc(C(c2ccc(C(F)(F)F)cc2)c2ccccn2)cc1. The monoisotopic (exact) mass is 329 g/mol. The van der Waals surface area contributed by atoms with Crippen LogP contribution in [0.1, 0.15) is 28.3 Å². The van der Waals surface area contributed by atoms with Crippen LogP contribution in [-0.2, 0) is 6.18 Å². The lowest BCUT2D eigenvalue weighted by atomic mass is 9.87. The largest absolute Gasteiger partial charge is 0.508 e. The molecule has 0 aliphatic carbocycles. The fourth-order valence-corrected chi connectivity index (χ4v) is 2.61. The quantitative estimate of drug-likeness (QED) is 0.734. The minimum absolute atomic E-state index is 0.131. The van der Waals surface area contributed by atoms with Crippen molar-refractivity contribution >= 4 is 0 Å². The van der Waals surface area contributed by atoms with Crippen LogP contribution >= 0.6 is 0 Å². The van der Waals surface area contributed by atoms with Crippen LogP contribution in [0.5, 0.6) is 5.75 Å². The van der Waals surface area contributed by atoms with E-state index in [4.69, 9.17) is 0 Å². The van der Waals surface area contributed by atoms with Gasteiger partial charge < -0.3 is 5.11 Å². The number of phenolic OH excluding ortho intramolecular Hbond substituents is 1. The second-order valence-electron chi connectivity index (χ2n) is 5.40. The molecule has 0 fully saturated rings. The summed E-state index contributed by atoms with van der Waals surface area (Å²) in [6, 6.07) is 17.1. The Balaban J connectivity index is 2.06. The van der Waals surface area contributed by atoms with Crippen molar-refractivity contribution in [3.05, 3.63) is 95.3 Å². The van der Waals surface area contributed by atoms with Gasteiger partial charge in [0.05, 0.1) is 17.2 Å². The van der Waals surface area contributed by atoms with Gasteiger partial charge in [0, 0.05) is 6.20 Å². The van der Waals surface area contributed by atoms with E-state index in [-0.39, 0.29) is 11.7 Å². The van der Waals surface area contributed by atoms with Crippen LogP contribution in [0, 0.1) is 0 Å². The number of hydrogen-bond donors (Lipinski definition) is 1. The lowest BCUT2D eigenvalue weighted by Gasteiger charge is -2.18. The first kappa shape index (κ1) is 16.1. The molecule has 0 radical (unpaired) electrons. The van der Waals surface area contributed by atoms with E-state index in [1.54, 1.807) is 36.5 Å². The van der Waals surface area contributed by atoms with E-state index in [9.17, 15) is 18.3 Å². The summed E-state index contributed by atoms with van der Waals surface area (Å²) >= 11 is 0. The van der Waals surface area contributed by atoms with Crippen molar-refractivity contribution in [3.8, 4) is 5.75 Å². The smallest absolute Gasteiger partial charge is 0.416 e. The van der Waals surface area contributed by atoms with Crippen molar-refractivity contribution in [2.75, 3.05) is 0 Å². The highest BCUT2D eigenvalue weighted by atomic mass is 19.4. The molecule has 2 nitrogen and oxygen atoms in total. The van der Waals surface area contributed by atoms with Crippen LogP contribution in [0.3, 0.4) is 0 Å². The van der Waals surface area contributed by atoms with E-state index in [1.165, 1.54) is 12.1 Å². The molecule has 0 aliphatic heterocycles. The molecule has 1 unspecified atom stereocenters. The van der Waals surface area contributed by atoms with Crippen LogP contribution in [0.2, 0.25) is 0 Å². The Kier molecular flexibility index (Phi) is 4.25. The summed E-state index contributed by atoms with van der Waals surface area (Å²) in [5.74, 6) is -0.181. The number of phenols is 1. The maximum absolute atomic E-state index is 12.8. The van der Waals surface area contributed by atoms with Gasteiger partial charge >= 0.3 is 6.18 Å². The van der Waals surface area contributed by atoms with E-state index in [1.807, 2.05) is 12.1 Å². The Morgan fingerprint density at radius 1 is 0.792 bits per heavy atom. The molecular weight excluding hydrogens is 315 g/mol. The molecular formula is C19H14F3NO. The van der Waals surface area contributed by atoms with E-state index >= 15 is 0 Å². The molecule has 3 rings (SSSR count). The fraction of sp³-hybridized carbons (Fsp3) is 0.105. The van der Waals surface area contributed by atoms with Gasteiger partial charge in [-0.15, -0.1) is 0 Å². The van der Waals surface area contributed by atoms with Crippen LogP contribution in [0.25, 0.3) is 0 Å². The maximum atomic E-state index is 12.8. The predicted octanol–water partition coefficient (Wildman–Crippen LogP) is 4.99. The standard InChI is InChI=1S/C19H14F3NO/c20-19(21,22)15-8-4-13(5-9-15)18(17-3-1-2-12-23-17)14-6-10-16(24)11-7-14/h1-12,18,24H. The molecule has 1 heterocycles. The first-order valence-electron chi connectivity index (χ1n) is 7.32. The number of aromatic hydroxyl groups is 1. The molecule has 24 heavy (non-hydrogen) atoms. The normalized spacial score (nSPS) is 12.8. The third-order valence-electron chi connectivity index (χ3n) is 3.78. The van der Waals surface area contributed by atoms with E-state index in [0.29, 0.717) is 5.56 Å². The highest BCUT2D eigenvalue weighted by Crippen LogP contribution is 2.34. The zero-order valence-electron chi connectivity index (χ0n) is 12.5. The van der Waals surface area contributed by atoms with Crippen molar-refractivity contribution in [2.24, 2.45) is 0 Å². The number of benzene rings is 2. The molecule has 0 saturated carbocycles. The Bertz CT molecular complexity index is 797. The fourth-order valence-electron chi connectivity index (χ4n) is 2.61. The second-order valence-corrected chi connectivity index (χ2v) is 5.40. The van der Waals surface area contributed by atoms with Gasteiger partial charge in [-0.3, -0.25) is 4.98 Å². The van der Waals surface area contributed by atoms with Crippen molar-refractivity contribution in [1.82, 2.24) is 4.98 Å². The predicted molar refractivity (Wildman–Crippen MR) is 84.7 cm³/mol. The second kappa shape index (κ2) is 6.35. The summed E-state index contributed by atoms with van der Waals surface area (Å²) in [5.41, 5.74) is 1.58. The Morgan fingerprint density at radius 3 is 1.88 bits per heavy atom. The Morgan fingerprint density at radius 2 is 1.38 bits per heavy atom. The van der Waals surface area contributed by atoms with Crippen LogP contribution in [0.4, 0.5) is 13.2 Å². The van der Waals surface area contributed by atoms with E-state index in [2.05, 4.69) is 4.98 Å². The van der Waals surface area contributed by atoms with Gasteiger partial charge in [-0.05, 0) is 47.5 Å². The van der Waals surface area contributed by atoms with Crippen molar-refractivity contribution in [2.45, 2.75) is 12.1 Å². The van der Waals surface area contributed by atoms with Gasteiger partial charge in [-0.1, -0.05) is 30.3 Å². The zero-order chi connectivity index (χ0) is 17.2. The lowest BCUT2D eigenvalue weighted by molar-refractivity contribution is -0.137. The number of rotatable bonds is 3. The number of hydrogen-bond acceptors (Lipinski definition) is 2. The number of halogens is 3. The highest BCUT2D eigenvalue weighted by Gasteiger charge is 2.30.